The van der Waals surface area contributed by atoms with Crippen molar-refractivity contribution in [1.82, 2.24) is 10.2 Å². The van der Waals surface area contributed by atoms with E-state index in [0.717, 1.165) is 6.07 Å². The largest absolute Gasteiger partial charge is 0.435 e. The molecule has 1 aromatic rings. The van der Waals surface area contributed by atoms with Crippen LogP contribution in [0, 0.1) is 5.92 Å². The minimum Gasteiger partial charge on any atom is -0.386 e. The highest BCUT2D eigenvalue weighted by atomic mass is 19.4. The molecule has 0 atom stereocenters. The average molecular weight is 261 g/mol. The highest BCUT2D eigenvalue weighted by Crippen LogP contribution is 2.33. The first kappa shape index (κ1) is 13.1. The van der Waals surface area contributed by atoms with Crippen molar-refractivity contribution < 1.29 is 18.3 Å². The number of rotatable bonds is 2. The predicted octanol–water partition coefficient (Wildman–Crippen LogP) is 1.70. The van der Waals surface area contributed by atoms with E-state index in [2.05, 4.69) is 10.2 Å². The van der Waals surface area contributed by atoms with Crippen molar-refractivity contribution in [1.29, 1.82) is 0 Å². The Hall–Kier alpha value is -1.37. The van der Waals surface area contributed by atoms with Crippen LogP contribution in [0.1, 0.15) is 19.5 Å². The van der Waals surface area contributed by atoms with Gasteiger partial charge in [-0.2, -0.15) is 13.2 Å². The first-order valence-corrected chi connectivity index (χ1v) is 5.60. The van der Waals surface area contributed by atoms with E-state index in [9.17, 15) is 18.3 Å². The maximum Gasteiger partial charge on any atom is 0.435 e. The lowest BCUT2D eigenvalue weighted by atomic mass is 9.83. The molecule has 7 heteroatoms. The van der Waals surface area contributed by atoms with Gasteiger partial charge in [0.05, 0.1) is 13.1 Å². The second-order valence-corrected chi connectivity index (χ2v) is 4.89. The molecule has 100 valence electrons. The van der Waals surface area contributed by atoms with E-state index in [1.54, 1.807) is 4.90 Å². The number of alkyl halides is 3. The smallest absolute Gasteiger partial charge is 0.386 e. The molecule has 0 aromatic carbocycles. The number of aromatic nitrogens is 2. The fourth-order valence-corrected chi connectivity index (χ4v) is 1.79. The van der Waals surface area contributed by atoms with Crippen LogP contribution < -0.4 is 4.90 Å². The maximum absolute atomic E-state index is 12.3. The Morgan fingerprint density at radius 3 is 2.28 bits per heavy atom. The zero-order valence-electron chi connectivity index (χ0n) is 10.1. The van der Waals surface area contributed by atoms with Gasteiger partial charge in [-0.15, -0.1) is 10.2 Å². The Kier molecular flexibility index (Phi) is 2.96. The molecule has 0 aliphatic carbocycles. The maximum atomic E-state index is 12.3. The van der Waals surface area contributed by atoms with Gasteiger partial charge in [-0.05, 0) is 18.1 Å². The molecule has 0 bridgehead atoms. The second kappa shape index (κ2) is 4.08. The highest BCUT2D eigenvalue weighted by molar-refractivity contribution is 5.43. The lowest BCUT2D eigenvalue weighted by Crippen LogP contribution is -2.65. The summed E-state index contributed by atoms with van der Waals surface area (Å²) in [5.74, 6) is 0.449. The summed E-state index contributed by atoms with van der Waals surface area (Å²) in [5, 5.41) is 16.7. The van der Waals surface area contributed by atoms with Gasteiger partial charge in [0.1, 0.15) is 5.60 Å². The van der Waals surface area contributed by atoms with Crippen LogP contribution in [0.2, 0.25) is 0 Å². The van der Waals surface area contributed by atoms with Gasteiger partial charge >= 0.3 is 6.18 Å². The van der Waals surface area contributed by atoms with Crippen molar-refractivity contribution >= 4 is 5.82 Å². The van der Waals surface area contributed by atoms with Crippen LogP contribution in [-0.2, 0) is 6.18 Å². The Labute approximate surface area is 102 Å². The fraction of sp³-hybridized carbons (Fsp3) is 0.636. The predicted molar refractivity (Wildman–Crippen MR) is 59.0 cm³/mol. The molecule has 1 aliphatic rings. The van der Waals surface area contributed by atoms with E-state index in [1.165, 1.54) is 6.07 Å². The number of nitrogens with zero attached hydrogens (tertiary/aromatic N) is 3. The highest BCUT2D eigenvalue weighted by Gasteiger charge is 2.44. The summed E-state index contributed by atoms with van der Waals surface area (Å²) in [6.45, 7) is 4.53. The molecule has 1 N–H and O–H groups in total. The zero-order chi connectivity index (χ0) is 13.6. The molecule has 1 saturated heterocycles. The molecule has 4 nitrogen and oxygen atoms in total. The molecule has 1 aliphatic heterocycles. The third-order valence-corrected chi connectivity index (χ3v) is 3.27. The molecule has 0 spiro atoms. The van der Waals surface area contributed by atoms with Gasteiger partial charge in [-0.25, -0.2) is 0 Å². The number of β-amino-alcohol motifs (C(OH)–C–C–N with tert-alkyl or cyclic N) is 1. The van der Waals surface area contributed by atoms with Crippen molar-refractivity contribution in [2.75, 3.05) is 18.0 Å². The summed E-state index contributed by atoms with van der Waals surface area (Å²) in [6, 6.07) is 2.17. The fourth-order valence-electron chi connectivity index (χ4n) is 1.79. The third kappa shape index (κ3) is 2.27. The lowest BCUT2D eigenvalue weighted by molar-refractivity contribution is -0.141. The number of hydrogen-bond donors (Lipinski definition) is 1. The van der Waals surface area contributed by atoms with Crippen LogP contribution in [0.15, 0.2) is 12.1 Å². The number of hydrogen-bond acceptors (Lipinski definition) is 4. The quantitative estimate of drug-likeness (QED) is 0.880. The Balaban J connectivity index is 2.05. The lowest BCUT2D eigenvalue weighted by Gasteiger charge is -2.49. The van der Waals surface area contributed by atoms with E-state index >= 15 is 0 Å². The summed E-state index contributed by atoms with van der Waals surface area (Å²) in [4.78, 5) is 1.70. The van der Waals surface area contributed by atoms with Crippen molar-refractivity contribution in [2.24, 2.45) is 5.92 Å². The van der Waals surface area contributed by atoms with E-state index in [0.29, 0.717) is 18.9 Å². The Morgan fingerprint density at radius 1 is 1.28 bits per heavy atom. The van der Waals surface area contributed by atoms with Crippen molar-refractivity contribution in [2.45, 2.75) is 25.6 Å². The molecule has 2 rings (SSSR count). The number of anilines is 1. The van der Waals surface area contributed by atoms with Gasteiger partial charge in [0.2, 0.25) is 0 Å². The normalized spacial score (nSPS) is 18.9. The van der Waals surface area contributed by atoms with Crippen LogP contribution in [0.5, 0.6) is 0 Å². The number of halogens is 3. The van der Waals surface area contributed by atoms with E-state index < -0.39 is 17.5 Å². The van der Waals surface area contributed by atoms with Crippen molar-refractivity contribution in [3.05, 3.63) is 17.8 Å². The summed E-state index contributed by atoms with van der Waals surface area (Å²) >= 11 is 0. The minimum atomic E-state index is -4.47. The Morgan fingerprint density at radius 2 is 1.89 bits per heavy atom. The van der Waals surface area contributed by atoms with Crippen LogP contribution in [0.3, 0.4) is 0 Å². The summed E-state index contributed by atoms with van der Waals surface area (Å²) in [5.41, 5.74) is -1.80. The molecule has 0 amide bonds. The first-order chi connectivity index (χ1) is 8.22. The van der Waals surface area contributed by atoms with Crippen LogP contribution >= 0.6 is 0 Å². The monoisotopic (exact) mass is 261 g/mol. The molecule has 18 heavy (non-hydrogen) atoms. The van der Waals surface area contributed by atoms with Gasteiger partial charge in [0, 0.05) is 0 Å². The van der Waals surface area contributed by atoms with Gasteiger partial charge in [-0.3, -0.25) is 0 Å². The molecule has 1 aromatic heterocycles. The van der Waals surface area contributed by atoms with E-state index in [1.807, 2.05) is 13.8 Å². The molecule has 0 radical (unpaired) electrons. The SMILES string of the molecule is CC(C)C1(O)CN(c2ccc(C(F)(F)F)nn2)C1. The van der Waals surface area contributed by atoms with Gasteiger partial charge < -0.3 is 10.0 Å². The van der Waals surface area contributed by atoms with E-state index in [-0.39, 0.29) is 5.92 Å². The zero-order valence-corrected chi connectivity index (χ0v) is 10.1. The molecule has 2 heterocycles. The molecule has 0 saturated carbocycles. The second-order valence-electron chi connectivity index (χ2n) is 4.89. The van der Waals surface area contributed by atoms with Gasteiger partial charge in [0.25, 0.3) is 0 Å². The third-order valence-electron chi connectivity index (χ3n) is 3.27. The average Bonchev–Trinajstić information content (AvgIpc) is 2.23. The summed E-state index contributed by atoms with van der Waals surface area (Å²) in [7, 11) is 0. The first-order valence-electron chi connectivity index (χ1n) is 5.60. The standard InChI is InChI=1S/C11H14F3N3O/c1-7(2)10(18)5-17(6-10)9-4-3-8(15-16-9)11(12,13)14/h3-4,7,18H,5-6H2,1-2H3. The summed E-state index contributed by atoms with van der Waals surface area (Å²) in [6.07, 6.45) is -4.47. The topological polar surface area (TPSA) is 49.2 Å². The van der Waals surface area contributed by atoms with Crippen LogP contribution in [0.4, 0.5) is 19.0 Å². The van der Waals surface area contributed by atoms with Crippen molar-refractivity contribution in [3.8, 4) is 0 Å². The molecular weight excluding hydrogens is 247 g/mol. The Bertz CT molecular complexity index is 424. The van der Waals surface area contributed by atoms with Gasteiger partial charge in [-0.1, -0.05) is 13.8 Å². The molecule has 1 fully saturated rings. The van der Waals surface area contributed by atoms with E-state index in [4.69, 9.17) is 0 Å². The minimum absolute atomic E-state index is 0.0937. The summed E-state index contributed by atoms with van der Waals surface area (Å²) < 4.78 is 36.9. The molecule has 0 unspecified atom stereocenters. The van der Waals surface area contributed by atoms with Gasteiger partial charge in [0.15, 0.2) is 11.5 Å². The van der Waals surface area contributed by atoms with Crippen molar-refractivity contribution in [3.63, 3.8) is 0 Å². The number of aliphatic hydroxyl groups is 1. The van der Waals surface area contributed by atoms with Crippen LogP contribution in [0.25, 0.3) is 0 Å². The molecular formula is C11H14F3N3O. The van der Waals surface area contributed by atoms with Crippen LogP contribution in [-0.4, -0.2) is 34.0 Å².